The second kappa shape index (κ2) is 8.32. The van der Waals surface area contributed by atoms with Crippen molar-refractivity contribution in [2.75, 3.05) is 7.11 Å². The second-order valence-electron chi connectivity index (χ2n) is 5.30. The van der Waals surface area contributed by atoms with Crippen molar-refractivity contribution >= 4 is 12.0 Å². The summed E-state index contributed by atoms with van der Waals surface area (Å²) in [7, 11) is 1.35. The number of benzene rings is 1. The SMILES string of the molecule is COc1cc(/C=C/C(=O)NC(C)c2ccc(C)o2)ccc1OC(F)F. The van der Waals surface area contributed by atoms with Gasteiger partial charge in [0.25, 0.3) is 0 Å². The number of rotatable bonds is 7. The van der Waals surface area contributed by atoms with Crippen LogP contribution in [0.2, 0.25) is 0 Å². The number of hydrogen-bond acceptors (Lipinski definition) is 4. The van der Waals surface area contributed by atoms with Crippen LogP contribution in [0.4, 0.5) is 8.78 Å². The van der Waals surface area contributed by atoms with Gasteiger partial charge in [-0.1, -0.05) is 6.07 Å². The number of carbonyl (C=O) groups is 1. The molecule has 0 saturated heterocycles. The number of hydrogen-bond donors (Lipinski definition) is 1. The first-order valence-electron chi connectivity index (χ1n) is 7.57. The van der Waals surface area contributed by atoms with Gasteiger partial charge < -0.3 is 19.2 Å². The number of carbonyl (C=O) groups excluding carboxylic acids is 1. The highest BCUT2D eigenvalue weighted by Gasteiger charge is 2.12. The molecule has 2 aromatic rings. The van der Waals surface area contributed by atoms with E-state index in [1.165, 1.54) is 25.3 Å². The van der Waals surface area contributed by atoms with E-state index in [0.717, 1.165) is 5.76 Å². The molecule has 1 aromatic heterocycles. The summed E-state index contributed by atoms with van der Waals surface area (Å²) in [6.45, 7) is 0.698. The molecule has 0 spiro atoms. The Kier molecular flexibility index (Phi) is 6.16. The van der Waals surface area contributed by atoms with Gasteiger partial charge in [-0.15, -0.1) is 0 Å². The number of methoxy groups -OCH3 is 1. The molecule has 7 heteroatoms. The third-order valence-electron chi connectivity index (χ3n) is 3.38. The molecule has 0 fully saturated rings. The van der Waals surface area contributed by atoms with E-state index in [1.807, 2.05) is 19.9 Å². The van der Waals surface area contributed by atoms with Crippen LogP contribution in [0.3, 0.4) is 0 Å². The molecule has 1 unspecified atom stereocenters. The zero-order valence-electron chi connectivity index (χ0n) is 14.1. The van der Waals surface area contributed by atoms with Gasteiger partial charge in [-0.3, -0.25) is 4.79 Å². The number of furan rings is 1. The molecule has 1 amide bonds. The number of amides is 1. The topological polar surface area (TPSA) is 60.7 Å². The van der Waals surface area contributed by atoms with Crippen LogP contribution in [0.1, 0.15) is 30.0 Å². The predicted molar refractivity (Wildman–Crippen MR) is 88.7 cm³/mol. The average Bonchev–Trinajstić information content (AvgIpc) is 3.00. The fraction of sp³-hybridized carbons (Fsp3) is 0.278. The van der Waals surface area contributed by atoms with Crippen molar-refractivity contribution < 1.29 is 27.5 Å². The van der Waals surface area contributed by atoms with Crippen LogP contribution in [0.25, 0.3) is 6.08 Å². The summed E-state index contributed by atoms with van der Waals surface area (Å²) in [4.78, 5) is 12.0. The molecular formula is C18H19F2NO4. The van der Waals surface area contributed by atoms with Crippen molar-refractivity contribution in [1.29, 1.82) is 0 Å². The van der Waals surface area contributed by atoms with E-state index in [-0.39, 0.29) is 23.4 Å². The Balaban J connectivity index is 2.01. The van der Waals surface area contributed by atoms with Crippen molar-refractivity contribution in [2.24, 2.45) is 0 Å². The lowest BCUT2D eigenvalue weighted by molar-refractivity contribution is -0.117. The zero-order valence-corrected chi connectivity index (χ0v) is 14.1. The summed E-state index contributed by atoms with van der Waals surface area (Å²) in [5, 5.41) is 2.77. The predicted octanol–water partition coefficient (Wildman–Crippen LogP) is 4.09. The van der Waals surface area contributed by atoms with Crippen molar-refractivity contribution in [3.63, 3.8) is 0 Å². The minimum absolute atomic E-state index is 0.0686. The minimum Gasteiger partial charge on any atom is -0.493 e. The summed E-state index contributed by atoms with van der Waals surface area (Å²) >= 11 is 0. The summed E-state index contributed by atoms with van der Waals surface area (Å²) in [5.41, 5.74) is 0.607. The highest BCUT2D eigenvalue weighted by atomic mass is 19.3. The van der Waals surface area contributed by atoms with Crippen LogP contribution in [-0.2, 0) is 4.79 Å². The zero-order chi connectivity index (χ0) is 18.4. The molecule has 0 bridgehead atoms. The van der Waals surface area contributed by atoms with Crippen molar-refractivity contribution in [2.45, 2.75) is 26.5 Å². The summed E-state index contributed by atoms with van der Waals surface area (Å²) in [6, 6.07) is 7.75. The molecule has 134 valence electrons. The third kappa shape index (κ3) is 5.34. The Morgan fingerprint density at radius 2 is 2.00 bits per heavy atom. The van der Waals surface area contributed by atoms with Crippen LogP contribution in [0.5, 0.6) is 11.5 Å². The number of nitrogens with one attached hydrogen (secondary N) is 1. The van der Waals surface area contributed by atoms with E-state index in [1.54, 1.807) is 18.2 Å². The van der Waals surface area contributed by atoms with Crippen molar-refractivity contribution in [3.8, 4) is 11.5 Å². The quantitative estimate of drug-likeness (QED) is 0.764. The molecular weight excluding hydrogens is 332 g/mol. The summed E-state index contributed by atoms with van der Waals surface area (Å²) in [6.07, 6.45) is 2.89. The molecule has 0 aliphatic carbocycles. The number of ether oxygens (including phenoxy) is 2. The summed E-state index contributed by atoms with van der Waals surface area (Å²) in [5.74, 6) is 1.20. The third-order valence-corrected chi connectivity index (χ3v) is 3.38. The van der Waals surface area contributed by atoms with Gasteiger partial charge in [-0.2, -0.15) is 8.78 Å². The van der Waals surface area contributed by atoms with Crippen LogP contribution < -0.4 is 14.8 Å². The Labute approximate surface area is 144 Å². The Morgan fingerprint density at radius 1 is 1.24 bits per heavy atom. The molecule has 25 heavy (non-hydrogen) atoms. The van der Waals surface area contributed by atoms with Crippen LogP contribution in [0, 0.1) is 6.92 Å². The highest BCUT2D eigenvalue weighted by molar-refractivity contribution is 5.92. The molecule has 0 aliphatic rings. The Hall–Kier alpha value is -2.83. The Bertz CT molecular complexity index is 755. The van der Waals surface area contributed by atoms with Crippen molar-refractivity contribution in [3.05, 3.63) is 53.5 Å². The largest absolute Gasteiger partial charge is 0.493 e. The van der Waals surface area contributed by atoms with Gasteiger partial charge in [0.2, 0.25) is 5.91 Å². The highest BCUT2D eigenvalue weighted by Crippen LogP contribution is 2.29. The van der Waals surface area contributed by atoms with Gasteiger partial charge in [0.1, 0.15) is 11.5 Å². The molecule has 1 N–H and O–H groups in total. The van der Waals surface area contributed by atoms with Gasteiger partial charge in [0.05, 0.1) is 13.2 Å². The first kappa shape index (κ1) is 18.5. The van der Waals surface area contributed by atoms with E-state index < -0.39 is 6.61 Å². The lowest BCUT2D eigenvalue weighted by Gasteiger charge is -2.10. The van der Waals surface area contributed by atoms with Crippen molar-refractivity contribution in [1.82, 2.24) is 5.32 Å². The van der Waals surface area contributed by atoms with E-state index in [2.05, 4.69) is 10.1 Å². The van der Waals surface area contributed by atoms with Gasteiger partial charge in [-0.25, -0.2) is 0 Å². The number of halogens is 2. The maximum absolute atomic E-state index is 12.3. The Morgan fingerprint density at radius 3 is 2.60 bits per heavy atom. The maximum atomic E-state index is 12.3. The lowest BCUT2D eigenvalue weighted by Crippen LogP contribution is -2.24. The van der Waals surface area contributed by atoms with Gasteiger partial charge in [0.15, 0.2) is 11.5 Å². The standard InChI is InChI=1S/C18H19F2NO4/c1-11-4-7-14(24-11)12(2)21-17(22)9-6-13-5-8-15(25-18(19)20)16(10-13)23-3/h4-10,12,18H,1-3H3,(H,21,22)/b9-6+. The lowest BCUT2D eigenvalue weighted by atomic mass is 10.2. The molecule has 0 aliphatic heterocycles. The normalized spacial score (nSPS) is 12.4. The van der Waals surface area contributed by atoms with E-state index in [4.69, 9.17) is 9.15 Å². The molecule has 5 nitrogen and oxygen atoms in total. The fourth-order valence-electron chi connectivity index (χ4n) is 2.17. The van der Waals surface area contributed by atoms with Gasteiger partial charge in [0, 0.05) is 6.08 Å². The first-order valence-corrected chi connectivity index (χ1v) is 7.57. The van der Waals surface area contributed by atoms with Crippen LogP contribution in [-0.4, -0.2) is 19.6 Å². The van der Waals surface area contributed by atoms with Gasteiger partial charge >= 0.3 is 6.61 Å². The van der Waals surface area contributed by atoms with E-state index in [0.29, 0.717) is 11.3 Å². The smallest absolute Gasteiger partial charge is 0.387 e. The number of aryl methyl sites for hydroxylation is 1. The van der Waals surface area contributed by atoms with E-state index >= 15 is 0 Å². The van der Waals surface area contributed by atoms with Gasteiger partial charge in [-0.05, 0) is 49.8 Å². The van der Waals surface area contributed by atoms with Crippen LogP contribution in [0.15, 0.2) is 40.8 Å². The molecule has 0 saturated carbocycles. The molecule has 1 aromatic carbocycles. The fourth-order valence-corrected chi connectivity index (χ4v) is 2.17. The summed E-state index contributed by atoms with van der Waals surface area (Å²) < 4.78 is 39.4. The minimum atomic E-state index is -2.94. The number of alkyl halides is 2. The molecule has 0 radical (unpaired) electrons. The molecule has 1 atom stereocenters. The second-order valence-corrected chi connectivity index (χ2v) is 5.30. The molecule has 2 rings (SSSR count). The molecule has 1 heterocycles. The maximum Gasteiger partial charge on any atom is 0.387 e. The monoisotopic (exact) mass is 351 g/mol. The van der Waals surface area contributed by atoms with E-state index in [9.17, 15) is 13.6 Å². The van der Waals surface area contributed by atoms with Crippen LogP contribution >= 0.6 is 0 Å². The first-order chi connectivity index (χ1) is 11.9. The average molecular weight is 351 g/mol.